The molecule has 0 amide bonds. The summed E-state index contributed by atoms with van der Waals surface area (Å²) in [5.41, 5.74) is 19.1. The summed E-state index contributed by atoms with van der Waals surface area (Å²) in [7, 11) is 0. The van der Waals surface area contributed by atoms with Crippen LogP contribution in [-0.2, 0) is 0 Å². The van der Waals surface area contributed by atoms with Crippen LogP contribution in [0.5, 0.6) is 0 Å². The molecule has 0 N–H and O–H groups in total. The number of benzene rings is 10. The van der Waals surface area contributed by atoms with Gasteiger partial charge in [-0.25, -0.2) is 0 Å². The fraction of sp³-hybridized carbons (Fsp3) is 0. The zero-order valence-electron chi connectivity index (χ0n) is 34.0. The van der Waals surface area contributed by atoms with E-state index in [4.69, 9.17) is 0 Å². The van der Waals surface area contributed by atoms with Gasteiger partial charge >= 0.3 is 0 Å². The molecule has 0 aliphatic rings. The molecule has 290 valence electrons. The second kappa shape index (κ2) is 14.8. The van der Waals surface area contributed by atoms with Crippen LogP contribution in [0.25, 0.3) is 111 Å². The van der Waals surface area contributed by atoms with Gasteiger partial charge in [0.2, 0.25) is 0 Å². The van der Waals surface area contributed by atoms with Crippen LogP contribution in [0.3, 0.4) is 0 Å². The van der Waals surface area contributed by atoms with Crippen molar-refractivity contribution in [2.24, 2.45) is 0 Å². The van der Waals surface area contributed by atoms with Gasteiger partial charge in [0, 0.05) is 32.9 Å². The van der Waals surface area contributed by atoms with Gasteiger partial charge in [-0.15, -0.1) is 0 Å². The quantitative estimate of drug-likeness (QED) is 0.152. The maximum absolute atomic E-state index is 2.44. The first-order chi connectivity index (χ1) is 30.7. The SMILES string of the molecule is c1ccc(-c2ccc(-c3cccc4c3c3cc(-c5ccc6c(c5)c5ccccc5n6-c5cccc(-c6ccccc6)c5)ccc3n4-c3ccc(-c4ccccc4)cc3)cc2)cc1. The van der Waals surface area contributed by atoms with Crippen molar-refractivity contribution in [3.8, 4) is 67.0 Å². The Kier molecular flexibility index (Phi) is 8.53. The molecule has 12 rings (SSSR count). The molecule has 0 radical (unpaired) electrons. The molecular weight excluding hydrogens is 749 g/mol. The number of aromatic nitrogens is 2. The first kappa shape index (κ1) is 35.7. The molecule has 0 bridgehead atoms. The van der Waals surface area contributed by atoms with E-state index >= 15 is 0 Å². The summed E-state index contributed by atoms with van der Waals surface area (Å²) in [4.78, 5) is 0. The smallest absolute Gasteiger partial charge is 0.0547 e. The second-order valence-electron chi connectivity index (χ2n) is 16.1. The van der Waals surface area contributed by atoms with E-state index in [0.717, 1.165) is 11.4 Å². The van der Waals surface area contributed by atoms with Gasteiger partial charge in [0.15, 0.2) is 0 Å². The van der Waals surface area contributed by atoms with Crippen LogP contribution in [0.4, 0.5) is 0 Å². The van der Waals surface area contributed by atoms with Crippen LogP contribution in [-0.4, -0.2) is 9.13 Å². The number of hydrogen-bond acceptors (Lipinski definition) is 0. The van der Waals surface area contributed by atoms with Gasteiger partial charge in [0.05, 0.1) is 22.1 Å². The highest BCUT2D eigenvalue weighted by atomic mass is 15.0. The summed E-state index contributed by atoms with van der Waals surface area (Å²) in [5, 5.41) is 4.96. The topological polar surface area (TPSA) is 9.86 Å². The van der Waals surface area contributed by atoms with Gasteiger partial charge in [0.1, 0.15) is 0 Å². The maximum Gasteiger partial charge on any atom is 0.0547 e. The second-order valence-corrected chi connectivity index (χ2v) is 16.1. The fourth-order valence-corrected chi connectivity index (χ4v) is 9.56. The molecule has 2 aromatic heterocycles. The van der Waals surface area contributed by atoms with E-state index in [1.54, 1.807) is 0 Å². The average Bonchev–Trinajstić information content (AvgIpc) is 3.87. The average molecular weight is 789 g/mol. The normalized spacial score (nSPS) is 11.5. The number of para-hydroxylation sites is 1. The highest BCUT2D eigenvalue weighted by Gasteiger charge is 2.19. The van der Waals surface area contributed by atoms with Crippen LogP contribution in [0.2, 0.25) is 0 Å². The summed E-state index contributed by atoms with van der Waals surface area (Å²) in [6, 6.07) is 88.4. The van der Waals surface area contributed by atoms with Crippen molar-refractivity contribution in [2.45, 2.75) is 0 Å². The Bertz CT molecular complexity index is 3580. The van der Waals surface area contributed by atoms with Crippen LogP contribution in [0.1, 0.15) is 0 Å². The van der Waals surface area contributed by atoms with E-state index < -0.39 is 0 Å². The minimum atomic E-state index is 1.14. The van der Waals surface area contributed by atoms with Gasteiger partial charge in [-0.3, -0.25) is 0 Å². The third-order valence-electron chi connectivity index (χ3n) is 12.5. The van der Waals surface area contributed by atoms with Gasteiger partial charge in [0.25, 0.3) is 0 Å². The predicted molar refractivity (Wildman–Crippen MR) is 262 cm³/mol. The summed E-state index contributed by atoms with van der Waals surface area (Å²) >= 11 is 0. The molecule has 12 aromatic rings. The predicted octanol–water partition coefficient (Wildman–Crippen LogP) is 16.2. The van der Waals surface area contributed by atoms with Crippen LogP contribution < -0.4 is 0 Å². The van der Waals surface area contributed by atoms with Crippen LogP contribution in [0, 0.1) is 0 Å². The molecule has 10 aromatic carbocycles. The monoisotopic (exact) mass is 788 g/mol. The van der Waals surface area contributed by atoms with Crippen molar-refractivity contribution in [3.63, 3.8) is 0 Å². The van der Waals surface area contributed by atoms with Crippen molar-refractivity contribution in [1.29, 1.82) is 0 Å². The minimum Gasteiger partial charge on any atom is -0.309 e. The maximum atomic E-state index is 2.44. The molecule has 62 heavy (non-hydrogen) atoms. The Hall–Kier alpha value is -8.20. The van der Waals surface area contributed by atoms with E-state index in [2.05, 4.69) is 252 Å². The molecule has 0 aliphatic carbocycles. The zero-order valence-corrected chi connectivity index (χ0v) is 34.0. The molecule has 0 fully saturated rings. The van der Waals surface area contributed by atoms with Gasteiger partial charge in [-0.1, -0.05) is 182 Å². The van der Waals surface area contributed by atoms with Crippen LogP contribution in [0.15, 0.2) is 243 Å². The lowest BCUT2D eigenvalue weighted by Gasteiger charge is -2.11. The van der Waals surface area contributed by atoms with E-state index in [1.165, 1.54) is 99.2 Å². The molecule has 2 nitrogen and oxygen atoms in total. The first-order valence-corrected chi connectivity index (χ1v) is 21.3. The number of nitrogens with zero attached hydrogens (tertiary/aromatic N) is 2. The molecule has 2 heterocycles. The van der Waals surface area contributed by atoms with Crippen molar-refractivity contribution in [3.05, 3.63) is 243 Å². The van der Waals surface area contributed by atoms with Gasteiger partial charge in [-0.05, 0) is 116 Å². The lowest BCUT2D eigenvalue weighted by Crippen LogP contribution is -1.94. The third kappa shape index (κ3) is 6.04. The summed E-state index contributed by atoms with van der Waals surface area (Å²) in [5.74, 6) is 0. The number of hydrogen-bond donors (Lipinski definition) is 0. The van der Waals surface area contributed by atoms with Crippen molar-refractivity contribution in [2.75, 3.05) is 0 Å². The Labute approximate surface area is 360 Å². The van der Waals surface area contributed by atoms with E-state index in [9.17, 15) is 0 Å². The highest BCUT2D eigenvalue weighted by Crippen LogP contribution is 2.42. The van der Waals surface area contributed by atoms with Crippen molar-refractivity contribution >= 4 is 43.6 Å². The Morgan fingerprint density at radius 2 is 0.629 bits per heavy atom. The fourth-order valence-electron chi connectivity index (χ4n) is 9.56. The van der Waals surface area contributed by atoms with Crippen molar-refractivity contribution < 1.29 is 0 Å². The highest BCUT2D eigenvalue weighted by molar-refractivity contribution is 6.17. The zero-order chi connectivity index (χ0) is 41.0. The molecule has 0 spiro atoms. The largest absolute Gasteiger partial charge is 0.309 e. The summed E-state index contributed by atoms with van der Waals surface area (Å²) < 4.78 is 4.85. The van der Waals surface area contributed by atoms with Gasteiger partial charge < -0.3 is 9.13 Å². The van der Waals surface area contributed by atoms with E-state index in [-0.39, 0.29) is 0 Å². The molecule has 0 aliphatic heterocycles. The number of fused-ring (bicyclic) bond motifs is 6. The lowest BCUT2D eigenvalue weighted by atomic mass is 9.95. The minimum absolute atomic E-state index is 1.14. The van der Waals surface area contributed by atoms with E-state index in [1.807, 2.05) is 0 Å². The number of rotatable bonds is 7. The first-order valence-electron chi connectivity index (χ1n) is 21.3. The van der Waals surface area contributed by atoms with Gasteiger partial charge in [-0.2, -0.15) is 0 Å². The van der Waals surface area contributed by atoms with Crippen molar-refractivity contribution in [1.82, 2.24) is 9.13 Å². The molecule has 2 heteroatoms. The molecule has 0 unspecified atom stereocenters. The summed E-state index contributed by atoms with van der Waals surface area (Å²) in [6.07, 6.45) is 0. The Balaban J connectivity index is 1.03. The molecule has 0 atom stereocenters. The molecular formula is C60H40N2. The third-order valence-corrected chi connectivity index (χ3v) is 12.5. The Morgan fingerprint density at radius 3 is 1.29 bits per heavy atom. The molecule has 0 saturated heterocycles. The summed E-state index contributed by atoms with van der Waals surface area (Å²) in [6.45, 7) is 0. The Morgan fingerprint density at radius 1 is 0.210 bits per heavy atom. The van der Waals surface area contributed by atoms with E-state index in [0.29, 0.717) is 0 Å². The van der Waals surface area contributed by atoms with Crippen LogP contribution >= 0.6 is 0 Å². The standard InChI is InChI=1S/C60H40N2/c1-4-14-41(15-5-1)44-26-28-46(29-27-44)52-23-13-25-59-60(52)55-40-49(33-37-58(55)61(59)50-34-30-45(31-35-50)42-16-6-2-7-17-42)48-32-36-57-54(39-48)53-22-10-11-24-56(53)62(57)51-21-12-20-47(38-51)43-18-8-3-9-19-43/h1-40H. The molecule has 0 saturated carbocycles. The lowest BCUT2D eigenvalue weighted by molar-refractivity contribution is 1.18.